The summed E-state index contributed by atoms with van der Waals surface area (Å²) >= 11 is 0. The summed E-state index contributed by atoms with van der Waals surface area (Å²) in [6.45, 7) is 6.40. The molecule has 1 N–H and O–H groups in total. The molecule has 1 rings (SSSR count). The Labute approximate surface area is 104 Å². The Morgan fingerprint density at radius 1 is 1.47 bits per heavy atom. The minimum atomic E-state index is -2.48. The highest BCUT2D eigenvalue weighted by atomic mass is 28.4. The predicted molar refractivity (Wildman–Crippen MR) is 68.0 cm³/mol. The van der Waals surface area contributed by atoms with Crippen molar-refractivity contribution in [2.45, 2.75) is 18.6 Å². The summed E-state index contributed by atoms with van der Waals surface area (Å²) in [5.74, 6) is 0. The van der Waals surface area contributed by atoms with Crippen LogP contribution in [0.1, 0.15) is 6.42 Å². The Kier molecular flexibility index (Phi) is 6.94. The maximum atomic E-state index is 6.00. The fourth-order valence-electron chi connectivity index (χ4n) is 1.81. The fraction of sp³-hybridized carbons (Fsp3) is 0.818. The quantitative estimate of drug-likeness (QED) is 0.435. The second-order valence-electron chi connectivity index (χ2n) is 3.96. The van der Waals surface area contributed by atoms with Gasteiger partial charge in [0.25, 0.3) is 0 Å². The van der Waals surface area contributed by atoms with E-state index in [9.17, 15) is 0 Å². The predicted octanol–water partition coefficient (Wildman–Crippen LogP) is 0.799. The van der Waals surface area contributed by atoms with Gasteiger partial charge < -0.3 is 23.3 Å². The molecular formula is C11H23NO4Si. The molecule has 5 nitrogen and oxygen atoms in total. The molecule has 1 aliphatic heterocycles. The molecule has 0 spiro atoms. The van der Waals surface area contributed by atoms with Gasteiger partial charge in [-0.25, -0.2) is 0 Å². The first kappa shape index (κ1) is 14.8. The smallest absolute Gasteiger partial charge is 0.377 e. The number of nitrogens with one attached hydrogen (secondary N) is 1. The van der Waals surface area contributed by atoms with Crippen LogP contribution in [0.3, 0.4) is 0 Å². The molecule has 100 valence electrons. The second-order valence-corrected chi connectivity index (χ2v) is 6.88. The van der Waals surface area contributed by atoms with Gasteiger partial charge in [0.15, 0.2) is 0 Å². The number of hydrogen-bond donors (Lipinski definition) is 1. The molecule has 1 saturated heterocycles. The molecule has 1 atom stereocenters. The van der Waals surface area contributed by atoms with Gasteiger partial charge in [0.1, 0.15) is 0 Å². The molecule has 0 aromatic carbocycles. The zero-order valence-corrected chi connectivity index (χ0v) is 11.7. The van der Waals surface area contributed by atoms with Crippen molar-refractivity contribution in [1.29, 1.82) is 0 Å². The van der Waals surface area contributed by atoms with Crippen molar-refractivity contribution in [1.82, 2.24) is 5.32 Å². The van der Waals surface area contributed by atoms with E-state index < -0.39 is 8.80 Å². The molecule has 0 saturated carbocycles. The third-order valence-electron chi connectivity index (χ3n) is 2.72. The van der Waals surface area contributed by atoms with Crippen LogP contribution in [0.15, 0.2) is 12.7 Å². The molecule has 0 bridgehead atoms. The van der Waals surface area contributed by atoms with Crippen molar-refractivity contribution in [2.24, 2.45) is 0 Å². The highest BCUT2D eigenvalue weighted by Gasteiger charge is 2.41. The molecule has 0 aliphatic carbocycles. The molecule has 1 heterocycles. The van der Waals surface area contributed by atoms with E-state index in [0.29, 0.717) is 13.2 Å². The van der Waals surface area contributed by atoms with Gasteiger partial charge in [-0.2, -0.15) is 0 Å². The third-order valence-corrected chi connectivity index (χ3v) is 5.62. The molecule has 1 unspecified atom stereocenters. The van der Waals surface area contributed by atoms with Gasteiger partial charge in [-0.15, -0.1) is 6.58 Å². The topological polar surface area (TPSA) is 49.0 Å². The van der Waals surface area contributed by atoms with E-state index in [4.69, 9.17) is 18.0 Å². The van der Waals surface area contributed by atoms with E-state index in [2.05, 4.69) is 11.9 Å². The van der Waals surface area contributed by atoms with Gasteiger partial charge in [-0.05, 0) is 13.0 Å². The van der Waals surface area contributed by atoms with Gasteiger partial charge in [0, 0.05) is 26.8 Å². The van der Waals surface area contributed by atoms with Gasteiger partial charge in [-0.1, -0.05) is 6.08 Å². The van der Waals surface area contributed by atoms with Crippen molar-refractivity contribution in [3.8, 4) is 0 Å². The Bertz CT molecular complexity index is 224. The van der Waals surface area contributed by atoms with Gasteiger partial charge >= 0.3 is 8.80 Å². The maximum absolute atomic E-state index is 6.00. The molecule has 6 heteroatoms. The van der Waals surface area contributed by atoms with E-state index in [-0.39, 0.29) is 6.10 Å². The Morgan fingerprint density at radius 2 is 2.24 bits per heavy atom. The molecule has 1 aliphatic rings. The highest BCUT2D eigenvalue weighted by Crippen LogP contribution is 2.19. The van der Waals surface area contributed by atoms with Crippen LogP contribution in [-0.4, -0.2) is 55.4 Å². The van der Waals surface area contributed by atoms with Crippen molar-refractivity contribution in [3.05, 3.63) is 12.7 Å². The third kappa shape index (κ3) is 4.87. The van der Waals surface area contributed by atoms with Crippen molar-refractivity contribution >= 4 is 8.80 Å². The summed E-state index contributed by atoms with van der Waals surface area (Å²) in [4.78, 5) is 0. The van der Waals surface area contributed by atoms with Crippen molar-refractivity contribution in [3.63, 3.8) is 0 Å². The number of hydrogen-bond acceptors (Lipinski definition) is 5. The molecule has 17 heavy (non-hydrogen) atoms. The first-order chi connectivity index (χ1) is 8.26. The zero-order valence-electron chi connectivity index (χ0n) is 10.7. The molecule has 0 radical (unpaired) electrons. The van der Waals surface area contributed by atoms with Crippen molar-refractivity contribution in [2.75, 3.05) is 40.5 Å². The monoisotopic (exact) mass is 261 g/mol. The van der Waals surface area contributed by atoms with E-state index >= 15 is 0 Å². The van der Waals surface area contributed by atoms with Crippen LogP contribution in [0.5, 0.6) is 0 Å². The fourth-order valence-corrected chi connectivity index (χ4v) is 3.96. The molecular weight excluding hydrogens is 238 g/mol. The minimum Gasteiger partial charge on any atom is -0.377 e. The SMILES string of the molecule is C=CCOCC1CNCCC[Si](OC)(OC)O1. The molecule has 0 aromatic heterocycles. The average Bonchev–Trinajstić information content (AvgIpc) is 2.33. The lowest BCUT2D eigenvalue weighted by molar-refractivity contribution is 0.00310. The van der Waals surface area contributed by atoms with E-state index in [0.717, 1.165) is 25.6 Å². The Morgan fingerprint density at radius 3 is 2.88 bits per heavy atom. The van der Waals surface area contributed by atoms with E-state index in [1.807, 2.05) is 0 Å². The summed E-state index contributed by atoms with van der Waals surface area (Å²) in [7, 11) is 0.836. The maximum Gasteiger partial charge on any atom is 0.500 e. The van der Waals surface area contributed by atoms with Gasteiger partial charge in [-0.3, -0.25) is 0 Å². The van der Waals surface area contributed by atoms with Crippen molar-refractivity contribution < 1.29 is 18.0 Å². The van der Waals surface area contributed by atoms with Gasteiger partial charge in [0.05, 0.1) is 19.3 Å². The highest BCUT2D eigenvalue weighted by molar-refractivity contribution is 6.60. The van der Waals surface area contributed by atoms with Crippen LogP contribution in [0.25, 0.3) is 0 Å². The number of ether oxygens (including phenoxy) is 1. The largest absolute Gasteiger partial charge is 0.500 e. The Hall–Kier alpha value is -0.243. The zero-order chi connectivity index (χ0) is 12.6. The minimum absolute atomic E-state index is 0.0261. The lowest BCUT2D eigenvalue weighted by Crippen LogP contribution is -2.52. The van der Waals surface area contributed by atoms with Crippen LogP contribution in [0.2, 0.25) is 6.04 Å². The summed E-state index contributed by atoms with van der Waals surface area (Å²) in [5.41, 5.74) is 0. The van der Waals surface area contributed by atoms with E-state index in [1.165, 1.54) is 0 Å². The normalized spacial score (nSPS) is 24.9. The van der Waals surface area contributed by atoms with Gasteiger partial charge in [0.2, 0.25) is 0 Å². The van der Waals surface area contributed by atoms with Crippen LogP contribution in [0.4, 0.5) is 0 Å². The summed E-state index contributed by atoms with van der Waals surface area (Å²) in [5, 5.41) is 3.33. The standard InChI is InChI=1S/C11H23NO4Si/c1-4-7-15-10-11-9-12-6-5-8-17(13-2,14-3)16-11/h4,11-12H,1,5-10H2,2-3H3. The molecule has 1 fully saturated rings. The van der Waals surface area contributed by atoms with Crippen LogP contribution in [-0.2, 0) is 18.0 Å². The van der Waals surface area contributed by atoms with Crippen LogP contribution in [0, 0.1) is 0 Å². The summed E-state index contributed by atoms with van der Waals surface area (Å²) < 4.78 is 22.4. The summed E-state index contributed by atoms with van der Waals surface area (Å²) in [6, 6.07) is 0.838. The summed E-state index contributed by atoms with van der Waals surface area (Å²) in [6.07, 6.45) is 2.71. The first-order valence-corrected chi connectivity index (χ1v) is 7.87. The molecule has 0 aromatic rings. The number of rotatable bonds is 6. The lowest BCUT2D eigenvalue weighted by atomic mass is 10.3. The average molecular weight is 261 g/mol. The second kappa shape index (κ2) is 7.96. The van der Waals surface area contributed by atoms with Crippen LogP contribution >= 0.6 is 0 Å². The lowest BCUT2D eigenvalue weighted by Gasteiger charge is -2.33. The van der Waals surface area contributed by atoms with Crippen LogP contribution < -0.4 is 5.32 Å². The van der Waals surface area contributed by atoms with E-state index in [1.54, 1.807) is 20.3 Å². The first-order valence-electron chi connectivity index (χ1n) is 5.94. The molecule has 0 amide bonds. The Balaban J connectivity index is 2.52.